The van der Waals surface area contributed by atoms with Crippen LogP contribution in [0.2, 0.25) is 0 Å². The monoisotopic (exact) mass is 365 g/mol. The van der Waals surface area contributed by atoms with Crippen molar-refractivity contribution in [1.82, 2.24) is 4.98 Å². The van der Waals surface area contributed by atoms with Crippen molar-refractivity contribution >= 4 is 17.3 Å². The van der Waals surface area contributed by atoms with Gasteiger partial charge in [-0.1, -0.05) is 0 Å². The van der Waals surface area contributed by atoms with Crippen LogP contribution in [0.3, 0.4) is 0 Å². The molecule has 1 amide bonds. The number of carbonyl (C=O) groups is 1. The molecule has 5 nitrogen and oxygen atoms in total. The third kappa shape index (κ3) is 4.72. The summed E-state index contributed by atoms with van der Waals surface area (Å²) in [6.07, 6.45) is -0.591. The molecule has 0 saturated carbocycles. The zero-order valence-electron chi connectivity index (χ0n) is 13.8. The van der Waals surface area contributed by atoms with Crippen LogP contribution in [0.1, 0.15) is 28.9 Å². The van der Waals surface area contributed by atoms with E-state index in [4.69, 9.17) is 4.74 Å². The van der Waals surface area contributed by atoms with Crippen molar-refractivity contribution in [2.24, 2.45) is 0 Å². The number of alkyl halides is 3. The predicted molar refractivity (Wildman–Crippen MR) is 91.1 cm³/mol. The Morgan fingerprint density at radius 3 is 2.46 bits per heavy atom. The standard InChI is InChI=1S/C18H18F3N3O2/c19-18(20,21)12-3-5-13(6-4-12)24-17(25)16-8-7-14(10-23-16)22-11-15-2-1-9-26-15/h3-8,10,15,22H,1-2,9,11H2,(H,24,25). The van der Waals surface area contributed by atoms with Crippen LogP contribution in [0, 0.1) is 0 Å². The highest BCUT2D eigenvalue weighted by Crippen LogP contribution is 2.29. The van der Waals surface area contributed by atoms with Crippen molar-refractivity contribution in [3.8, 4) is 0 Å². The van der Waals surface area contributed by atoms with Gasteiger partial charge >= 0.3 is 6.18 Å². The Morgan fingerprint density at radius 2 is 1.88 bits per heavy atom. The number of rotatable bonds is 5. The van der Waals surface area contributed by atoms with Gasteiger partial charge in [0.15, 0.2) is 0 Å². The molecule has 26 heavy (non-hydrogen) atoms. The Balaban J connectivity index is 1.55. The Kier molecular flexibility index (Phi) is 5.41. The lowest BCUT2D eigenvalue weighted by molar-refractivity contribution is -0.137. The van der Waals surface area contributed by atoms with Gasteiger partial charge in [-0.15, -0.1) is 0 Å². The minimum absolute atomic E-state index is 0.174. The summed E-state index contributed by atoms with van der Waals surface area (Å²) in [5.41, 5.74) is 0.444. The topological polar surface area (TPSA) is 63.2 Å². The predicted octanol–water partition coefficient (Wildman–Crippen LogP) is 3.94. The number of anilines is 2. The average molecular weight is 365 g/mol. The Morgan fingerprint density at radius 1 is 1.15 bits per heavy atom. The van der Waals surface area contributed by atoms with E-state index in [1.165, 1.54) is 18.3 Å². The normalized spacial score (nSPS) is 17.1. The number of amides is 1. The van der Waals surface area contributed by atoms with Gasteiger partial charge in [0, 0.05) is 18.8 Å². The highest BCUT2D eigenvalue weighted by atomic mass is 19.4. The van der Waals surface area contributed by atoms with E-state index in [0.29, 0.717) is 6.54 Å². The first kappa shape index (κ1) is 18.2. The zero-order chi connectivity index (χ0) is 18.6. The van der Waals surface area contributed by atoms with E-state index >= 15 is 0 Å². The lowest BCUT2D eigenvalue weighted by Gasteiger charge is -2.12. The van der Waals surface area contributed by atoms with Crippen LogP contribution in [0.15, 0.2) is 42.6 Å². The van der Waals surface area contributed by atoms with Gasteiger partial charge in [0.25, 0.3) is 5.91 Å². The fraction of sp³-hybridized carbons (Fsp3) is 0.333. The molecule has 0 spiro atoms. The molecule has 0 bridgehead atoms. The number of halogens is 3. The summed E-state index contributed by atoms with van der Waals surface area (Å²) in [6, 6.07) is 7.53. The molecule has 1 atom stereocenters. The molecule has 2 heterocycles. The van der Waals surface area contributed by atoms with Crippen molar-refractivity contribution < 1.29 is 22.7 Å². The fourth-order valence-corrected chi connectivity index (χ4v) is 2.61. The highest BCUT2D eigenvalue weighted by molar-refractivity contribution is 6.02. The SMILES string of the molecule is O=C(Nc1ccc(C(F)(F)F)cc1)c1ccc(NCC2CCCO2)cn1. The molecule has 3 rings (SSSR count). The summed E-state index contributed by atoms with van der Waals surface area (Å²) >= 11 is 0. The molecule has 1 fully saturated rings. The van der Waals surface area contributed by atoms with Crippen molar-refractivity contribution in [2.75, 3.05) is 23.8 Å². The molecule has 0 radical (unpaired) electrons. The molecule has 1 aromatic heterocycles. The third-order valence-corrected chi connectivity index (χ3v) is 4.02. The van der Waals surface area contributed by atoms with E-state index in [0.717, 1.165) is 37.3 Å². The molecular formula is C18H18F3N3O2. The largest absolute Gasteiger partial charge is 0.416 e. The van der Waals surface area contributed by atoms with E-state index in [1.807, 2.05) is 0 Å². The molecule has 1 aliphatic rings. The molecule has 8 heteroatoms. The molecule has 138 valence electrons. The van der Waals surface area contributed by atoms with Crippen LogP contribution in [0.4, 0.5) is 24.5 Å². The number of aromatic nitrogens is 1. The smallest absolute Gasteiger partial charge is 0.381 e. The minimum Gasteiger partial charge on any atom is -0.381 e. The number of pyridine rings is 1. The van der Waals surface area contributed by atoms with Crippen LogP contribution in [0.5, 0.6) is 0 Å². The second-order valence-electron chi connectivity index (χ2n) is 5.98. The first-order valence-corrected chi connectivity index (χ1v) is 8.22. The molecular weight excluding hydrogens is 347 g/mol. The lowest BCUT2D eigenvalue weighted by Crippen LogP contribution is -2.19. The van der Waals surface area contributed by atoms with Crippen molar-refractivity contribution in [3.63, 3.8) is 0 Å². The number of hydrogen-bond acceptors (Lipinski definition) is 4. The molecule has 2 aromatic rings. The summed E-state index contributed by atoms with van der Waals surface area (Å²) in [6.45, 7) is 1.46. The van der Waals surface area contributed by atoms with Gasteiger partial charge in [0.1, 0.15) is 5.69 Å². The van der Waals surface area contributed by atoms with Crippen molar-refractivity contribution in [2.45, 2.75) is 25.1 Å². The summed E-state index contributed by atoms with van der Waals surface area (Å²) in [4.78, 5) is 16.2. The number of hydrogen-bond donors (Lipinski definition) is 2. The second-order valence-corrected chi connectivity index (χ2v) is 5.98. The van der Waals surface area contributed by atoms with Crippen molar-refractivity contribution in [1.29, 1.82) is 0 Å². The summed E-state index contributed by atoms with van der Waals surface area (Å²) in [5.74, 6) is -0.490. The number of ether oxygens (including phenoxy) is 1. The second kappa shape index (κ2) is 7.74. The quantitative estimate of drug-likeness (QED) is 0.842. The van der Waals surface area contributed by atoms with Gasteiger partial charge < -0.3 is 15.4 Å². The van der Waals surface area contributed by atoms with Gasteiger partial charge in [0.2, 0.25) is 0 Å². The van der Waals surface area contributed by atoms with E-state index in [1.54, 1.807) is 12.1 Å². The van der Waals surface area contributed by atoms with Crippen LogP contribution in [-0.4, -0.2) is 30.1 Å². The number of nitrogens with zero attached hydrogens (tertiary/aromatic N) is 1. The highest BCUT2D eigenvalue weighted by Gasteiger charge is 2.30. The van der Waals surface area contributed by atoms with Crippen LogP contribution < -0.4 is 10.6 Å². The molecule has 1 aromatic carbocycles. The number of nitrogens with one attached hydrogen (secondary N) is 2. The lowest BCUT2D eigenvalue weighted by atomic mass is 10.2. The molecule has 1 saturated heterocycles. The minimum atomic E-state index is -4.41. The first-order chi connectivity index (χ1) is 12.4. The molecule has 2 N–H and O–H groups in total. The fourth-order valence-electron chi connectivity index (χ4n) is 2.61. The maximum atomic E-state index is 12.5. The molecule has 1 aliphatic heterocycles. The maximum absolute atomic E-state index is 12.5. The summed E-state index contributed by atoms with van der Waals surface area (Å²) in [7, 11) is 0. The Labute approximate surface area is 148 Å². The molecule has 0 aliphatic carbocycles. The van der Waals surface area contributed by atoms with Crippen LogP contribution in [0.25, 0.3) is 0 Å². The Bertz CT molecular complexity index is 740. The summed E-state index contributed by atoms with van der Waals surface area (Å²) in [5, 5.41) is 5.72. The van der Waals surface area contributed by atoms with Gasteiger partial charge in [-0.3, -0.25) is 4.79 Å². The number of benzene rings is 1. The van der Waals surface area contributed by atoms with Crippen LogP contribution >= 0.6 is 0 Å². The van der Waals surface area contributed by atoms with E-state index in [2.05, 4.69) is 15.6 Å². The average Bonchev–Trinajstić information content (AvgIpc) is 3.13. The van der Waals surface area contributed by atoms with Crippen LogP contribution in [-0.2, 0) is 10.9 Å². The van der Waals surface area contributed by atoms with Gasteiger partial charge in [-0.2, -0.15) is 13.2 Å². The van der Waals surface area contributed by atoms with Gasteiger partial charge in [0.05, 0.1) is 23.6 Å². The van der Waals surface area contributed by atoms with E-state index in [-0.39, 0.29) is 17.5 Å². The summed E-state index contributed by atoms with van der Waals surface area (Å²) < 4.78 is 43.1. The first-order valence-electron chi connectivity index (χ1n) is 8.22. The maximum Gasteiger partial charge on any atom is 0.416 e. The third-order valence-electron chi connectivity index (χ3n) is 4.02. The zero-order valence-corrected chi connectivity index (χ0v) is 13.8. The van der Waals surface area contributed by atoms with E-state index in [9.17, 15) is 18.0 Å². The number of carbonyl (C=O) groups excluding carboxylic acids is 1. The Hall–Kier alpha value is -2.61. The van der Waals surface area contributed by atoms with E-state index < -0.39 is 17.6 Å². The molecule has 1 unspecified atom stereocenters. The van der Waals surface area contributed by atoms with Gasteiger partial charge in [-0.05, 0) is 49.2 Å². The van der Waals surface area contributed by atoms with Gasteiger partial charge in [-0.25, -0.2) is 4.98 Å². The van der Waals surface area contributed by atoms with Crippen molar-refractivity contribution in [3.05, 3.63) is 53.9 Å².